The summed E-state index contributed by atoms with van der Waals surface area (Å²) in [6.07, 6.45) is 3.58. The first-order valence-electron chi connectivity index (χ1n) is 8.37. The van der Waals surface area contributed by atoms with Crippen molar-refractivity contribution in [2.75, 3.05) is 33.4 Å². The average molecular weight is 290 g/mol. The van der Waals surface area contributed by atoms with Crippen LogP contribution in [0.25, 0.3) is 0 Å². The Hall–Kier alpha value is -0.900. The largest absolute Gasteiger partial charge is 0.380 e. The number of ether oxygens (including phenoxy) is 1. The van der Waals surface area contributed by atoms with Crippen LogP contribution < -0.4 is 5.32 Å². The lowest BCUT2D eigenvalue weighted by Gasteiger charge is -2.40. The SMILES string of the molecule is CCCNC1c2ccccc2CCC1N(C)CCOCC. The topological polar surface area (TPSA) is 24.5 Å². The molecule has 0 saturated heterocycles. The third-order valence-corrected chi connectivity index (χ3v) is 4.46. The minimum Gasteiger partial charge on any atom is -0.380 e. The molecule has 1 aliphatic carbocycles. The minimum absolute atomic E-state index is 0.446. The van der Waals surface area contributed by atoms with Crippen molar-refractivity contribution in [1.82, 2.24) is 10.2 Å². The van der Waals surface area contributed by atoms with E-state index in [0.29, 0.717) is 12.1 Å². The van der Waals surface area contributed by atoms with Crippen LogP contribution in [0.5, 0.6) is 0 Å². The molecule has 1 aliphatic rings. The van der Waals surface area contributed by atoms with Gasteiger partial charge in [0.2, 0.25) is 0 Å². The van der Waals surface area contributed by atoms with E-state index in [1.807, 2.05) is 0 Å². The summed E-state index contributed by atoms with van der Waals surface area (Å²) in [6.45, 7) is 8.00. The number of nitrogens with zero attached hydrogens (tertiary/aromatic N) is 1. The summed E-state index contributed by atoms with van der Waals surface area (Å²) in [6, 6.07) is 9.92. The van der Waals surface area contributed by atoms with Crippen LogP contribution in [0.2, 0.25) is 0 Å². The van der Waals surface area contributed by atoms with Crippen LogP contribution in [0.3, 0.4) is 0 Å². The molecular formula is C18H30N2O. The van der Waals surface area contributed by atoms with Crippen molar-refractivity contribution in [3.8, 4) is 0 Å². The number of likely N-dealkylation sites (N-methyl/N-ethyl adjacent to an activating group) is 1. The lowest BCUT2D eigenvalue weighted by Crippen LogP contribution is -2.46. The Balaban J connectivity index is 2.09. The maximum Gasteiger partial charge on any atom is 0.0593 e. The number of fused-ring (bicyclic) bond motifs is 1. The molecule has 0 radical (unpaired) electrons. The molecule has 118 valence electrons. The number of nitrogens with one attached hydrogen (secondary N) is 1. The van der Waals surface area contributed by atoms with Crippen LogP contribution in [-0.4, -0.2) is 44.3 Å². The number of aryl methyl sites for hydroxylation is 1. The van der Waals surface area contributed by atoms with E-state index < -0.39 is 0 Å². The number of hydrogen-bond acceptors (Lipinski definition) is 3. The molecule has 0 amide bonds. The van der Waals surface area contributed by atoms with Gasteiger partial charge < -0.3 is 10.1 Å². The second-order valence-electron chi connectivity index (χ2n) is 5.91. The summed E-state index contributed by atoms with van der Waals surface area (Å²) in [5, 5.41) is 3.77. The third kappa shape index (κ3) is 4.29. The van der Waals surface area contributed by atoms with Crippen LogP contribution in [0, 0.1) is 0 Å². The first kappa shape index (κ1) is 16.5. The van der Waals surface area contributed by atoms with Gasteiger partial charge >= 0.3 is 0 Å². The predicted molar refractivity (Wildman–Crippen MR) is 88.7 cm³/mol. The fourth-order valence-electron chi connectivity index (χ4n) is 3.28. The van der Waals surface area contributed by atoms with Crippen molar-refractivity contribution >= 4 is 0 Å². The monoisotopic (exact) mass is 290 g/mol. The van der Waals surface area contributed by atoms with Gasteiger partial charge in [0, 0.05) is 25.2 Å². The molecule has 2 atom stereocenters. The average Bonchev–Trinajstić information content (AvgIpc) is 2.52. The highest BCUT2D eigenvalue weighted by molar-refractivity contribution is 5.34. The molecule has 2 rings (SSSR count). The summed E-state index contributed by atoms with van der Waals surface area (Å²) in [5.41, 5.74) is 3.01. The van der Waals surface area contributed by atoms with Crippen molar-refractivity contribution in [1.29, 1.82) is 0 Å². The van der Waals surface area contributed by atoms with Gasteiger partial charge in [0.05, 0.1) is 6.61 Å². The molecule has 0 heterocycles. The summed E-state index contributed by atoms with van der Waals surface area (Å²) >= 11 is 0. The maximum absolute atomic E-state index is 5.52. The van der Waals surface area contributed by atoms with Gasteiger partial charge in [0.1, 0.15) is 0 Å². The van der Waals surface area contributed by atoms with E-state index in [4.69, 9.17) is 4.74 Å². The molecule has 0 bridgehead atoms. The van der Waals surface area contributed by atoms with E-state index in [2.05, 4.69) is 55.4 Å². The lowest BCUT2D eigenvalue weighted by atomic mass is 9.83. The van der Waals surface area contributed by atoms with E-state index in [1.54, 1.807) is 0 Å². The smallest absolute Gasteiger partial charge is 0.0593 e. The Morgan fingerprint density at radius 2 is 2.10 bits per heavy atom. The van der Waals surface area contributed by atoms with Crippen molar-refractivity contribution in [3.05, 3.63) is 35.4 Å². The van der Waals surface area contributed by atoms with Crippen molar-refractivity contribution in [2.45, 2.75) is 45.2 Å². The zero-order chi connectivity index (χ0) is 15.1. The molecule has 1 aromatic rings. The van der Waals surface area contributed by atoms with E-state index in [0.717, 1.165) is 26.3 Å². The Labute approximate surface area is 129 Å². The third-order valence-electron chi connectivity index (χ3n) is 4.46. The first-order chi connectivity index (χ1) is 10.3. The fraction of sp³-hybridized carbons (Fsp3) is 0.667. The lowest BCUT2D eigenvalue weighted by molar-refractivity contribution is 0.0918. The van der Waals surface area contributed by atoms with Crippen LogP contribution in [0.15, 0.2) is 24.3 Å². The number of rotatable bonds is 8. The fourth-order valence-corrected chi connectivity index (χ4v) is 3.28. The van der Waals surface area contributed by atoms with Crippen molar-refractivity contribution in [2.24, 2.45) is 0 Å². The number of benzene rings is 1. The Kier molecular flexibility index (Phi) is 6.68. The molecule has 0 aromatic heterocycles. The van der Waals surface area contributed by atoms with E-state index in [1.165, 1.54) is 30.4 Å². The summed E-state index contributed by atoms with van der Waals surface area (Å²) < 4.78 is 5.52. The molecule has 0 fully saturated rings. The number of hydrogen-bond donors (Lipinski definition) is 1. The summed E-state index contributed by atoms with van der Waals surface area (Å²) in [4.78, 5) is 2.47. The van der Waals surface area contributed by atoms with Gasteiger partial charge in [0.25, 0.3) is 0 Å². The van der Waals surface area contributed by atoms with Crippen LogP contribution in [0.4, 0.5) is 0 Å². The normalized spacial score (nSPS) is 21.5. The molecule has 1 aromatic carbocycles. The summed E-state index contributed by atoms with van der Waals surface area (Å²) in [5.74, 6) is 0. The van der Waals surface area contributed by atoms with Crippen molar-refractivity contribution in [3.63, 3.8) is 0 Å². The van der Waals surface area contributed by atoms with E-state index in [9.17, 15) is 0 Å². The molecule has 21 heavy (non-hydrogen) atoms. The highest BCUT2D eigenvalue weighted by Crippen LogP contribution is 2.32. The van der Waals surface area contributed by atoms with E-state index >= 15 is 0 Å². The molecule has 0 saturated carbocycles. The van der Waals surface area contributed by atoms with Gasteiger partial charge in [-0.3, -0.25) is 4.90 Å². The van der Waals surface area contributed by atoms with Crippen LogP contribution in [-0.2, 0) is 11.2 Å². The Morgan fingerprint density at radius 1 is 1.29 bits per heavy atom. The highest BCUT2D eigenvalue weighted by Gasteiger charge is 2.31. The molecule has 3 heteroatoms. The Bertz CT molecular complexity index is 421. The van der Waals surface area contributed by atoms with Gasteiger partial charge in [-0.2, -0.15) is 0 Å². The second kappa shape index (κ2) is 8.52. The quantitative estimate of drug-likeness (QED) is 0.745. The zero-order valence-corrected chi connectivity index (χ0v) is 13.8. The van der Waals surface area contributed by atoms with Gasteiger partial charge in [0.15, 0.2) is 0 Å². The Morgan fingerprint density at radius 3 is 2.86 bits per heavy atom. The van der Waals surface area contributed by atoms with Gasteiger partial charge in [-0.15, -0.1) is 0 Å². The molecule has 3 nitrogen and oxygen atoms in total. The standard InChI is InChI=1S/C18H30N2O/c1-4-12-19-18-16-9-7-6-8-15(16)10-11-17(18)20(3)13-14-21-5-2/h6-9,17-19H,4-5,10-14H2,1-3H3. The first-order valence-corrected chi connectivity index (χ1v) is 8.37. The molecular weight excluding hydrogens is 260 g/mol. The molecule has 2 unspecified atom stereocenters. The van der Waals surface area contributed by atoms with Crippen LogP contribution in [0.1, 0.15) is 43.9 Å². The maximum atomic E-state index is 5.52. The van der Waals surface area contributed by atoms with Crippen molar-refractivity contribution < 1.29 is 4.74 Å². The van der Waals surface area contributed by atoms with Crippen LogP contribution >= 0.6 is 0 Å². The second-order valence-corrected chi connectivity index (χ2v) is 5.91. The van der Waals surface area contributed by atoms with E-state index in [-0.39, 0.29) is 0 Å². The molecule has 0 aliphatic heterocycles. The van der Waals surface area contributed by atoms with Gasteiger partial charge in [-0.25, -0.2) is 0 Å². The predicted octanol–water partition coefficient (Wildman–Crippen LogP) is 3.01. The molecule has 1 N–H and O–H groups in total. The summed E-state index contributed by atoms with van der Waals surface area (Å²) in [7, 11) is 2.23. The molecule has 0 spiro atoms. The minimum atomic E-state index is 0.446. The highest BCUT2D eigenvalue weighted by atomic mass is 16.5. The van der Waals surface area contributed by atoms with Gasteiger partial charge in [-0.05, 0) is 50.9 Å². The van der Waals surface area contributed by atoms with Gasteiger partial charge in [-0.1, -0.05) is 31.2 Å². The zero-order valence-electron chi connectivity index (χ0n) is 13.8.